The van der Waals surface area contributed by atoms with E-state index in [0.29, 0.717) is 29.7 Å². The number of nitrogens with one attached hydrogen (secondary N) is 2. The quantitative estimate of drug-likeness (QED) is 0.314. The van der Waals surface area contributed by atoms with Gasteiger partial charge in [-0.3, -0.25) is 14.6 Å². The molecular weight excluding hydrogens is 515 g/mol. The first-order valence-electron chi connectivity index (χ1n) is 12.3. The van der Waals surface area contributed by atoms with Crippen molar-refractivity contribution in [3.63, 3.8) is 0 Å². The normalized spacial score (nSPS) is 15.7. The standard InChI is InChI=1S/C28H28F3N3O5/c1-16(35)18-3-5-19(6-4-18)25(37)34-27(11-12-27)26(38)33-14-21-8-9-22(15-32-21)39-24-10-7-20(17(2)36)13-23(24)28(29,30)31/h3-10,13,15-17,35-36H,11-12,14H2,1-2H3,(H,33,38)(H,34,37). The number of carbonyl (C=O) groups is 2. The summed E-state index contributed by atoms with van der Waals surface area (Å²) in [6.07, 6.45) is -4.21. The van der Waals surface area contributed by atoms with Crippen molar-refractivity contribution < 1.29 is 37.7 Å². The average Bonchev–Trinajstić information content (AvgIpc) is 3.68. The number of ether oxygens (including phenoxy) is 1. The summed E-state index contributed by atoms with van der Waals surface area (Å²) in [5, 5.41) is 24.7. The summed E-state index contributed by atoms with van der Waals surface area (Å²) >= 11 is 0. The molecule has 1 heterocycles. The minimum atomic E-state index is -4.69. The van der Waals surface area contributed by atoms with Gasteiger partial charge < -0.3 is 25.6 Å². The average molecular weight is 544 g/mol. The summed E-state index contributed by atoms with van der Waals surface area (Å²) in [5.41, 5.74) is -0.457. The predicted molar refractivity (Wildman–Crippen MR) is 135 cm³/mol. The SMILES string of the molecule is CC(O)c1ccc(C(=O)NC2(C(=O)NCc3ccc(Oc4ccc(C(C)O)cc4C(F)(F)F)cn3)CC2)cc1. The van der Waals surface area contributed by atoms with Crippen molar-refractivity contribution in [2.75, 3.05) is 0 Å². The number of alkyl halides is 3. The molecule has 0 bridgehead atoms. The maximum atomic E-state index is 13.5. The van der Waals surface area contributed by atoms with E-state index in [-0.39, 0.29) is 23.8 Å². The lowest BCUT2D eigenvalue weighted by molar-refractivity contribution is -0.138. The molecule has 1 aliphatic rings. The lowest BCUT2D eigenvalue weighted by Crippen LogP contribution is -2.48. The molecule has 1 aromatic heterocycles. The maximum Gasteiger partial charge on any atom is 0.419 e. The van der Waals surface area contributed by atoms with Gasteiger partial charge in [-0.15, -0.1) is 0 Å². The molecule has 1 saturated carbocycles. The summed E-state index contributed by atoms with van der Waals surface area (Å²) in [7, 11) is 0. The number of hydrogen-bond donors (Lipinski definition) is 4. The second-order valence-electron chi connectivity index (χ2n) is 9.53. The van der Waals surface area contributed by atoms with E-state index in [9.17, 15) is 33.0 Å². The number of aliphatic hydroxyl groups excluding tert-OH is 2. The van der Waals surface area contributed by atoms with E-state index < -0.39 is 41.1 Å². The van der Waals surface area contributed by atoms with Crippen molar-refractivity contribution >= 4 is 11.8 Å². The van der Waals surface area contributed by atoms with Crippen LogP contribution < -0.4 is 15.4 Å². The number of halogens is 3. The van der Waals surface area contributed by atoms with Crippen LogP contribution in [-0.2, 0) is 17.5 Å². The smallest absolute Gasteiger partial charge is 0.419 e. The summed E-state index contributed by atoms with van der Waals surface area (Å²) in [6, 6.07) is 12.7. The highest BCUT2D eigenvalue weighted by Gasteiger charge is 2.51. The van der Waals surface area contributed by atoms with Crippen LogP contribution in [0, 0.1) is 0 Å². The summed E-state index contributed by atoms with van der Waals surface area (Å²) in [6.45, 7) is 3.03. The fourth-order valence-corrected chi connectivity index (χ4v) is 3.90. The van der Waals surface area contributed by atoms with Crippen LogP contribution in [0.1, 0.15) is 71.6 Å². The number of aliphatic hydroxyl groups is 2. The van der Waals surface area contributed by atoms with Crippen molar-refractivity contribution in [2.24, 2.45) is 0 Å². The van der Waals surface area contributed by atoms with E-state index >= 15 is 0 Å². The van der Waals surface area contributed by atoms with Gasteiger partial charge in [0.1, 0.15) is 17.0 Å². The third kappa shape index (κ3) is 6.73. The molecule has 0 saturated heterocycles. The molecule has 2 aromatic carbocycles. The van der Waals surface area contributed by atoms with Gasteiger partial charge in [-0.2, -0.15) is 13.2 Å². The number of nitrogens with zero attached hydrogens (tertiary/aromatic N) is 1. The monoisotopic (exact) mass is 543 g/mol. The molecule has 2 unspecified atom stereocenters. The molecule has 8 nitrogen and oxygen atoms in total. The zero-order valence-electron chi connectivity index (χ0n) is 21.2. The first kappa shape index (κ1) is 28.1. The van der Waals surface area contributed by atoms with Gasteiger partial charge in [0.25, 0.3) is 5.91 Å². The van der Waals surface area contributed by atoms with Gasteiger partial charge >= 0.3 is 6.18 Å². The molecule has 206 valence electrons. The third-order valence-electron chi connectivity index (χ3n) is 6.44. The van der Waals surface area contributed by atoms with Crippen LogP contribution >= 0.6 is 0 Å². The molecule has 11 heteroatoms. The first-order chi connectivity index (χ1) is 18.4. The molecule has 4 rings (SSSR count). The number of benzene rings is 2. The number of hydrogen-bond acceptors (Lipinski definition) is 6. The van der Waals surface area contributed by atoms with Gasteiger partial charge in [0.2, 0.25) is 5.91 Å². The topological polar surface area (TPSA) is 121 Å². The molecule has 2 amide bonds. The molecule has 0 radical (unpaired) electrons. The van der Waals surface area contributed by atoms with Gasteiger partial charge in [-0.05, 0) is 74.2 Å². The van der Waals surface area contributed by atoms with Gasteiger partial charge in [0, 0.05) is 5.56 Å². The van der Waals surface area contributed by atoms with Gasteiger partial charge in [-0.25, -0.2) is 0 Å². The minimum absolute atomic E-state index is 0.0384. The molecule has 39 heavy (non-hydrogen) atoms. The zero-order valence-corrected chi connectivity index (χ0v) is 21.2. The van der Waals surface area contributed by atoms with Crippen LogP contribution in [0.2, 0.25) is 0 Å². The van der Waals surface area contributed by atoms with Crippen LogP contribution in [0.3, 0.4) is 0 Å². The fraction of sp³-hybridized carbons (Fsp3) is 0.321. The van der Waals surface area contributed by atoms with Crippen LogP contribution in [0.4, 0.5) is 13.2 Å². The van der Waals surface area contributed by atoms with E-state index in [1.54, 1.807) is 31.2 Å². The Morgan fingerprint density at radius 3 is 2.18 bits per heavy atom. The molecule has 1 fully saturated rings. The fourth-order valence-electron chi connectivity index (χ4n) is 3.90. The Hall–Kier alpha value is -3.96. The Morgan fingerprint density at radius 2 is 1.64 bits per heavy atom. The van der Waals surface area contributed by atoms with E-state index in [0.717, 1.165) is 12.1 Å². The highest BCUT2D eigenvalue weighted by Crippen LogP contribution is 2.39. The minimum Gasteiger partial charge on any atom is -0.455 e. The van der Waals surface area contributed by atoms with E-state index in [2.05, 4.69) is 15.6 Å². The Labute approximate surface area is 222 Å². The maximum absolute atomic E-state index is 13.5. The predicted octanol–water partition coefficient (Wildman–Crippen LogP) is 4.58. The van der Waals surface area contributed by atoms with Crippen molar-refractivity contribution in [1.82, 2.24) is 15.6 Å². The van der Waals surface area contributed by atoms with Crippen LogP contribution in [0.5, 0.6) is 11.5 Å². The van der Waals surface area contributed by atoms with E-state index in [4.69, 9.17) is 4.74 Å². The molecule has 3 aromatic rings. The Kier molecular flexibility index (Phi) is 7.94. The summed E-state index contributed by atoms with van der Waals surface area (Å²) < 4.78 is 45.9. The van der Waals surface area contributed by atoms with Crippen LogP contribution in [-0.4, -0.2) is 32.6 Å². The molecule has 2 atom stereocenters. The summed E-state index contributed by atoms with van der Waals surface area (Å²) in [5.74, 6) is -1.14. The van der Waals surface area contributed by atoms with Gasteiger partial charge in [0.05, 0.1) is 36.2 Å². The largest absolute Gasteiger partial charge is 0.455 e. The van der Waals surface area contributed by atoms with Crippen LogP contribution in [0.15, 0.2) is 60.8 Å². The number of carbonyl (C=O) groups excluding carboxylic acids is 2. The van der Waals surface area contributed by atoms with Gasteiger partial charge in [0.15, 0.2) is 0 Å². The molecule has 0 spiro atoms. The lowest BCUT2D eigenvalue weighted by Gasteiger charge is -2.18. The van der Waals surface area contributed by atoms with Crippen molar-refractivity contribution in [3.05, 3.63) is 88.7 Å². The van der Waals surface area contributed by atoms with Crippen molar-refractivity contribution in [3.8, 4) is 11.5 Å². The number of aromatic nitrogens is 1. The number of rotatable bonds is 9. The Morgan fingerprint density at radius 1 is 1.00 bits per heavy atom. The Bertz CT molecular complexity index is 1340. The second-order valence-corrected chi connectivity index (χ2v) is 9.53. The highest BCUT2D eigenvalue weighted by molar-refractivity contribution is 6.00. The number of amides is 2. The number of pyridine rings is 1. The molecule has 4 N–H and O–H groups in total. The molecule has 1 aliphatic carbocycles. The highest BCUT2D eigenvalue weighted by atomic mass is 19.4. The Balaban J connectivity index is 1.35. The summed E-state index contributed by atoms with van der Waals surface area (Å²) in [4.78, 5) is 29.6. The first-order valence-corrected chi connectivity index (χ1v) is 12.3. The van der Waals surface area contributed by atoms with Crippen molar-refractivity contribution in [1.29, 1.82) is 0 Å². The van der Waals surface area contributed by atoms with Crippen molar-refractivity contribution in [2.45, 2.75) is 57.2 Å². The molecular formula is C28H28F3N3O5. The third-order valence-corrected chi connectivity index (χ3v) is 6.44. The van der Waals surface area contributed by atoms with E-state index in [1.807, 2.05) is 0 Å². The second kappa shape index (κ2) is 11.0. The molecule has 0 aliphatic heterocycles. The van der Waals surface area contributed by atoms with Crippen LogP contribution in [0.25, 0.3) is 0 Å². The van der Waals surface area contributed by atoms with Gasteiger partial charge in [-0.1, -0.05) is 18.2 Å². The van der Waals surface area contributed by atoms with E-state index in [1.165, 1.54) is 31.3 Å². The lowest BCUT2D eigenvalue weighted by atomic mass is 10.1. The zero-order chi connectivity index (χ0) is 28.4.